The molecule has 0 aliphatic heterocycles. The van der Waals surface area contributed by atoms with Gasteiger partial charge in [-0.05, 0) is 37.3 Å². The molecule has 1 N–H and O–H groups in total. The second kappa shape index (κ2) is 7.70. The Hall–Kier alpha value is -3.73. The number of nitrogens with one attached hydrogen (secondary N) is 1. The van der Waals surface area contributed by atoms with E-state index in [1.54, 1.807) is 0 Å². The number of aryl methyl sites for hydroxylation is 1. The number of carbonyl (C=O) groups excluding carboxylic acids is 2. The number of nitro groups is 1. The van der Waals surface area contributed by atoms with Crippen LogP contribution in [0.25, 0.3) is 0 Å². The van der Waals surface area contributed by atoms with Crippen LogP contribution in [-0.4, -0.2) is 23.4 Å². The van der Waals surface area contributed by atoms with Crippen molar-refractivity contribution in [1.82, 2.24) is 0 Å². The van der Waals surface area contributed by atoms with Crippen LogP contribution >= 0.6 is 0 Å². The Morgan fingerprint density at radius 1 is 1.24 bits per heavy atom. The number of carbonyl (C=O) groups is 2. The molecular weight excluding hydrogens is 326 g/mol. The highest BCUT2D eigenvalue weighted by Crippen LogP contribution is 2.23. The van der Waals surface area contributed by atoms with Gasteiger partial charge in [-0.1, -0.05) is 12.1 Å². The molecular formula is C17H13N3O5. The second-order valence-electron chi connectivity index (χ2n) is 5.04. The molecule has 0 aromatic heterocycles. The maximum atomic E-state index is 12.0. The lowest BCUT2D eigenvalue weighted by atomic mass is 10.1. The first-order valence-electron chi connectivity index (χ1n) is 7.13. The summed E-state index contributed by atoms with van der Waals surface area (Å²) in [6.45, 7) is 0.913. The summed E-state index contributed by atoms with van der Waals surface area (Å²) in [6, 6.07) is 12.3. The molecule has 0 saturated heterocycles. The average Bonchev–Trinajstić information content (AvgIpc) is 2.59. The molecule has 1 amide bonds. The molecule has 8 heteroatoms. The number of amides is 1. The summed E-state index contributed by atoms with van der Waals surface area (Å²) in [5, 5.41) is 22.3. The SMILES string of the molecule is Cc1cccc(C(=O)OCC(=O)Nc2ccc(C#N)cc2)c1[N+](=O)[O-]. The van der Waals surface area contributed by atoms with Crippen LogP contribution in [0.3, 0.4) is 0 Å². The maximum Gasteiger partial charge on any atom is 0.345 e. The van der Waals surface area contributed by atoms with Crippen LogP contribution in [0.1, 0.15) is 21.5 Å². The van der Waals surface area contributed by atoms with E-state index >= 15 is 0 Å². The monoisotopic (exact) mass is 339 g/mol. The molecule has 0 saturated carbocycles. The number of hydrogen-bond acceptors (Lipinski definition) is 6. The minimum atomic E-state index is -0.953. The zero-order chi connectivity index (χ0) is 18.4. The molecule has 0 fully saturated rings. The minimum Gasteiger partial charge on any atom is -0.452 e. The van der Waals surface area contributed by atoms with Crippen molar-refractivity contribution in [3.63, 3.8) is 0 Å². The Morgan fingerprint density at radius 2 is 1.92 bits per heavy atom. The standard InChI is InChI=1S/C17H13N3O5/c1-11-3-2-4-14(16(11)20(23)24)17(22)25-10-15(21)19-13-7-5-12(9-18)6-8-13/h2-8H,10H2,1H3,(H,19,21). The highest BCUT2D eigenvalue weighted by Gasteiger charge is 2.24. The first-order chi connectivity index (χ1) is 11.9. The summed E-state index contributed by atoms with van der Waals surface area (Å²) in [7, 11) is 0. The number of nitrogens with zero attached hydrogens (tertiary/aromatic N) is 2. The van der Waals surface area contributed by atoms with Crippen LogP contribution in [0.15, 0.2) is 42.5 Å². The number of anilines is 1. The largest absolute Gasteiger partial charge is 0.452 e. The number of rotatable bonds is 5. The van der Waals surface area contributed by atoms with Crippen LogP contribution in [0, 0.1) is 28.4 Å². The quantitative estimate of drug-likeness (QED) is 0.507. The van der Waals surface area contributed by atoms with E-state index in [-0.39, 0.29) is 11.3 Å². The summed E-state index contributed by atoms with van der Waals surface area (Å²) >= 11 is 0. The number of nitriles is 1. The molecule has 126 valence electrons. The van der Waals surface area contributed by atoms with Gasteiger partial charge in [0.1, 0.15) is 5.56 Å². The fraction of sp³-hybridized carbons (Fsp3) is 0.118. The van der Waals surface area contributed by atoms with E-state index in [9.17, 15) is 19.7 Å². The minimum absolute atomic E-state index is 0.212. The molecule has 25 heavy (non-hydrogen) atoms. The summed E-state index contributed by atoms with van der Waals surface area (Å²) < 4.78 is 4.85. The molecule has 0 aliphatic rings. The Kier molecular flexibility index (Phi) is 5.43. The van der Waals surface area contributed by atoms with Crippen LogP contribution < -0.4 is 5.32 Å². The van der Waals surface area contributed by atoms with Crippen LogP contribution in [0.5, 0.6) is 0 Å². The zero-order valence-corrected chi connectivity index (χ0v) is 13.2. The van der Waals surface area contributed by atoms with E-state index in [2.05, 4.69) is 5.32 Å². The fourth-order valence-corrected chi connectivity index (χ4v) is 2.10. The fourth-order valence-electron chi connectivity index (χ4n) is 2.10. The van der Waals surface area contributed by atoms with Gasteiger partial charge >= 0.3 is 5.97 Å². The van der Waals surface area contributed by atoms with E-state index in [0.717, 1.165) is 0 Å². The molecule has 2 aromatic carbocycles. The topological polar surface area (TPSA) is 122 Å². The number of ether oxygens (including phenoxy) is 1. The van der Waals surface area contributed by atoms with Gasteiger partial charge in [-0.3, -0.25) is 14.9 Å². The third-order valence-electron chi connectivity index (χ3n) is 3.27. The van der Waals surface area contributed by atoms with Crippen molar-refractivity contribution in [3.8, 4) is 6.07 Å². The van der Waals surface area contributed by atoms with Crippen molar-refractivity contribution in [3.05, 3.63) is 69.3 Å². The summed E-state index contributed by atoms with van der Waals surface area (Å²) in [4.78, 5) is 34.2. The van der Waals surface area contributed by atoms with Gasteiger partial charge in [0, 0.05) is 11.3 Å². The number of para-hydroxylation sites is 1. The average molecular weight is 339 g/mol. The Labute approximate surface area is 142 Å². The molecule has 0 heterocycles. The lowest BCUT2D eigenvalue weighted by Crippen LogP contribution is -2.21. The molecule has 0 aliphatic carbocycles. The van der Waals surface area contributed by atoms with Gasteiger partial charge in [0.05, 0.1) is 16.6 Å². The van der Waals surface area contributed by atoms with Gasteiger partial charge in [-0.25, -0.2) is 4.79 Å². The normalized spacial score (nSPS) is 9.76. The predicted octanol–water partition coefficient (Wildman–Crippen LogP) is 2.57. The Balaban J connectivity index is 2.00. The lowest BCUT2D eigenvalue weighted by molar-refractivity contribution is -0.385. The van der Waals surface area contributed by atoms with Gasteiger partial charge < -0.3 is 10.1 Å². The first-order valence-corrected chi connectivity index (χ1v) is 7.13. The number of hydrogen-bond donors (Lipinski definition) is 1. The summed E-state index contributed by atoms with van der Waals surface area (Å²) in [5.41, 5.74) is 0.635. The molecule has 0 unspecified atom stereocenters. The van der Waals surface area contributed by atoms with E-state index in [1.165, 1.54) is 49.4 Å². The molecule has 0 radical (unpaired) electrons. The number of nitro benzene ring substituents is 1. The molecule has 8 nitrogen and oxygen atoms in total. The smallest absolute Gasteiger partial charge is 0.345 e. The second-order valence-corrected chi connectivity index (χ2v) is 5.04. The molecule has 0 bridgehead atoms. The van der Waals surface area contributed by atoms with Crippen LogP contribution in [0.4, 0.5) is 11.4 Å². The first kappa shape index (κ1) is 17.6. The number of benzene rings is 2. The van der Waals surface area contributed by atoms with E-state index in [0.29, 0.717) is 16.8 Å². The van der Waals surface area contributed by atoms with Crippen molar-refractivity contribution in [2.45, 2.75) is 6.92 Å². The highest BCUT2D eigenvalue weighted by molar-refractivity contribution is 5.97. The van der Waals surface area contributed by atoms with E-state index in [1.807, 2.05) is 6.07 Å². The van der Waals surface area contributed by atoms with Crippen LogP contribution in [-0.2, 0) is 9.53 Å². The zero-order valence-electron chi connectivity index (χ0n) is 13.2. The van der Waals surface area contributed by atoms with Crippen LogP contribution in [0.2, 0.25) is 0 Å². The van der Waals surface area contributed by atoms with Gasteiger partial charge in [0.2, 0.25) is 0 Å². The lowest BCUT2D eigenvalue weighted by Gasteiger charge is -2.08. The summed E-state index contributed by atoms with van der Waals surface area (Å²) in [6.07, 6.45) is 0. The molecule has 2 aromatic rings. The van der Waals surface area contributed by atoms with Crippen molar-refractivity contribution in [2.75, 3.05) is 11.9 Å². The molecule has 0 atom stereocenters. The third kappa shape index (κ3) is 4.39. The summed E-state index contributed by atoms with van der Waals surface area (Å²) in [5.74, 6) is -1.56. The Morgan fingerprint density at radius 3 is 2.52 bits per heavy atom. The van der Waals surface area contributed by atoms with E-state index in [4.69, 9.17) is 10.00 Å². The molecule has 0 spiro atoms. The maximum absolute atomic E-state index is 12.0. The highest BCUT2D eigenvalue weighted by atomic mass is 16.6. The number of esters is 1. The third-order valence-corrected chi connectivity index (χ3v) is 3.27. The van der Waals surface area contributed by atoms with Crippen molar-refractivity contribution in [1.29, 1.82) is 5.26 Å². The van der Waals surface area contributed by atoms with Gasteiger partial charge in [-0.15, -0.1) is 0 Å². The van der Waals surface area contributed by atoms with Gasteiger partial charge in [0.25, 0.3) is 11.6 Å². The predicted molar refractivity (Wildman–Crippen MR) is 87.9 cm³/mol. The van der Waals surface area contributed by atoms with Gasteiger partial charge in [0.15, 0.2) is 6.61 Å². The van der Waals surface area contributed by atoms with Gasteiger partial charge in [-0.2, -0.15) is 5.26 Å². The van der Waals surface area contributed by atoms with Crippen molar-refractivity contribution in [2.24, 2.45) is 0 Å². The van der Waals surface area contributed by atoms with E-state index < -0.39 is 23.4 Å². The van der Waals surface area contributed by atoms with Crippen molar-refractivity contribution >= 4 is 23.3 Å². The van der Waals surface area contributed by atoms with Crippen molar-refractivity contribution < 1.29 is 19.2 Å². The molecule has 2 rings (SSSR count). The Bertz CT molecular complexity index is 869.